The molecule has 2 N–H and O–H groups in total. The van der Waals surface area contributed by atoms with E-state index >= 15 is 0 Å². The van der Waals surface area contributed by atoms with Crippen LogP contribution in [0.2, 0.25) is 0 Å². The molecule has 3 nitrogen and oxygen atoms in total. The van der Waals surface area contributed by atoms with Crippen LogP contribution in [-0.2, 0) is 0 Å². The van der Waals surface area contributed by atoms with Gasteiger partial charge in [-0.1, -0.05) is 73.5 Å². The highest BCUT2D eigenvalue weighted by molar-refractivity contribution is 9.11. The van der Waals surface area contributed by atoms with Crippen LogP contribution in [0.15, 0.2) is 57.5 Å². The van der Waals surface area contributed by atoms with Crippen molar-refractivity contribution in [1.29, 1.82) is 0 Å². The van der Waals surface area contributed by atoms with E-state index in [9.17, 15) is 0 Å². The van der Waals surface area contributed by atoms with Crippen LogP contribution in [0.25, 0.3) is 10.6 Å². The van der Waals surface area contributed by atoms with E-state index in [1.165, 1.54) is 11.3 Å². The first-order valence-corrected chi connectivity index (χ1v) is 8.65. The van der Waals surface area contributed by atoms with E-state index in [2.05, 4.69) is 42.1 Å². The summed E-state index contributed by atoms with van der Waals surface area (Å²) in [6.45, 7) is 0. The van der Waals surface area contributed by atoms with Gasteiger partial charge in [0.1, 0.15) is 10.0 Å². The second-order valence-corrected chi connectivity index (χ2v) is 7.24. The number of hydrogen-bond donors (Lipinski definition) is 1. The number of rotatable bonds is 3. The first-order chi connectivity index (χ1) is 10.1. The van der Waals surface area contributed by atoms with Crippen molar-refractivity contribution in [2.45, 2.75) is 6.04 Å². The van der Waals surface area contributed by atoms with Crippen LogP contribution in [0.1, 0.15) is 16.6 Å². The Balaban J connectivity index is 1.93. The van der Waals surface area contributed by atoms with Crippen LogP contribution >= 0.6 is 43.2 Å². The molecule has 106 valence electrons. The molecule has 0 fully saturated rings. The molecule has 0 saturated carbocycles. The molecule has 0 radical (unpaired) electrons. The van der Waals surface area contributed by atoms with E-state index in [0.29, 0.717) is 0 Å². The van der Waals surface area contributed by atoms with Gasteiger partial charge in [0, 0.05) is 14.5 Å². The van der Waals surface area contributed by atoms with Gasteiger partial charge < -0.3 is 5.73 Å². The number of nitrogens with two attached hydrogens (primary N) is 1. The maximum absolute atomic E-state index is 6.26. The van der Waals surface area contributed by atoms with Gasteiger partial charge in [-0.3, -0.25) is 0 Å². The predicted molar refractivity (Wildman–Crippen MR) is 93.2 cm³/mol. The van der Waals surface area contributed by atoms with Crippen molar-refractivity contribution in [2.75, 3.05) is 0 Å². The lowest BCUT2D eigenvalue weighted by Crippen LogP contribution is -2.11. The molecule has 0 bridgehead atoms. The topological polar surface area (TPSA) is 51.8 Å². The fourth-order valence-corrected chi connectivity index (χ4v) is 4.21. The Morgan fingerprint density at radius 3 is 2.48 bits per heavy atom. The molecule has 6 heteroatoms. The minimum atomic E-state index is -0.244. The Bertz CT molecular complexity index is 759. The molecule has 2 aromatic carbocycles. The van der Waals surface area contributed by atoms with Gasteiger partial charge in [0.05, 0.1) is 6.04 Å². The minimum absolute atomic E-state index is 0.244. The second-order valence-electron chi connectivity index (χ2n) is 4.46. The number of hydrogen-bond acceptors (Lipinski definition) is 4. The number of halogens is 2. The van der Waals surface area contributed by atoms with Gasteiger partial charge in [-0.2, -0.15) is 0 Å². The summed E-state index contributed by atoms with van der Waals surface area (Å²) < 4.78 is 2.00. The molecular weight excluding hydrogens is 414 g/mol. The molecular formula is C15H11Br2N3S. The van der Waals surface area contributed by atoms with Crippen LogP contribution in [0, 0.1) is 0 Å². The quantitative estimate of drug-likeness (QED) is 0.658. The molecule has 0 saturated heterocycles. The largest absolute Gasteiger partial charge is 0.318 e. The average molecular weight is 425 g/mol. The molecule has 0 aliphatic carbocycles. The Morgan fingerprint density at radius 1 is 1.00 bits per heavy atom. The van der Waals surface area contributed by atoms with Gasteiger partial charge in [0.15, 0.2) is 0 Å². The zero-order chi connectivity index (χ0) is 14.8. The highest BCUT2D eigenvalue weighted by Crippen LogP contribution is 2.34. The van der Waals surface area contributed by atoms with E-state index in [0.717, 1.165) is 30.1 Å². The summed E-state index contributed by atoms with van der Waals surface area (Å²) in [6.07, 6.45) is 0. The Kier molecular flexibility index (Phi) is 4.49. The average Bonchev–Trinajstić information content (AvgIpc) is 2.97. The van der Waals surface area contributed by atoms with E-state index < -0.39 is 0 Å². The molecule has 0 aliphatic rings. The summed E-state index contributed by atoms with van der Waals surface area (Å²) in [6, 6.07) is 15.7. The van der Waals surface area contributed by atoms with Crippen molar-refractivity contribution < 1.29 is 0 Å². The van der Waals surface area contributed by atoms with Gasteiger partial charge in [-0.25, -0.2) is 0 Å². The van der Waals surface area contributed by atoms with E-state index in [1.54, 1.807) is 0 Å². The smallest absolute Gasteiger partial charge is 0.149 e. The maximum Gasteiger partial charge on any atom is 0.149 e. The third-order valence-electron chi connectivity index (χ3n) is 3.03. The lowest BCUT2D eigenvalue weighted by Gasteiger charge is -2.07. The van der Waals surface area contributed by atoms with Gasteiger partial charge in [-0.05, 0) is 23.8 Å². The van der Waals surface area contributed by atoms with Crippen molar-refractivity contribution in [1.82, 2.24) is 10.2 Å². The standard InChI is InChI=1S/C15H11Br2N3S/c16-10-6-7-11(12(17)8-10)14-19-20-15(21-14)13(18)9-4-2-1-3-5-9/h1-8,13H,18H2. The van der Waals surface area contributed by atoms with Crippen LogP contribution in [0.5, 0.6) is 0 Å². The molecule has 3 aromatic rings. The third-order valence-corrected chi connectivity index (χ3v) is 5.22. The molecule has 0 aliphatic heterocycles. The molecule has 21 heavy (non-hydrogen) atoms. The Hall–Kier alpha value is -1.08. The normalized spacial score (nSPS) is 12.3. The van der Waals surface area contributed by atoms with Crippen molar-refractivity contribution >= 4 is 43.2 Å². The van der Waals surface area contributed by atoms with Crippen molar-refractivity contribution in [2.24, 2.45) is 5.73 Å². The molecule has 0 spiro atoms. The fraction of sp³-hybridized carbons (Fsp3) is 0.0667. The maximum atomic E-state index is 6.26. The van der Waals surface area contributed by atoms with Crippen LogP contribution < -0.4 is 5.73 Å². The Morgan fingerprint density at radius 2 is 1.76 bits per heavy atom. The van der Waals surface area contributed by atoms with Gasteiger partial charge in [0.2, 0.25) is 0 Å². The predicted octanol–water partition coefficient (Wildman–Crippen LogP) is 4.78. The van der Waals surface area contributed by atoms with Gasteiger partial charge in [-0.15, -0.1) is 10.2 Å². The fourth-order valence-electron chi connectivity index (χ4n) is 1.93. The highest BCUT2D eigenvalue weighted by Gasteiger charge is 2.16. The second kappa shape index (κ2) is 6.36. The zero-order valence-electron chi connectivity index (χ0n) is 10.8. The lowest BCUT2D eigenvalue weighted by atomic mass is 10.1. The minimum Gasteiger partial charge on any atom is -0.318 e. The van der Waals surface area contributed by atoms with E-state index in [-0.39, 0.29) is 6.04 Å². The van der Waals surface area contributed by atoms with Crippen LogP contribution in [0.3, 0.4) is 0 Å². The first kappa shape index (κ1) is 14.8. The lowest BCUT2D eigenvalue weighted by molar-refractivity contribution is 0.831. The summed E-state index contributed by atoms with van der Waals surface area (Å²) in [5, 5.41) is 10.2. The summed E-state index contributed by atoms with van der Waals surface area (Å²) >= 11 is 8.51. The van der Waals surface area contributed by atoms with Crippen LogP contribution in [0.4, 0.5) is 0 Å². The molecule has 0 amide bonds. The molecule has 1 atom stereocenters. The zero-order valence-corrected chi connectivity index (χ0v) is 14.8. The van der Waals surface area contributed by atoms with Gasteiger partial charge >= 0.3 is 0 Å². The number of nitrogens with zero attached hydrogens (tertiary/aromatic N) is 2. The molecule has 1 unspecified atom stereocenters. The third kappa shape index (κ3) is 3.23. The monoisotopic (exact) mass is 423 g/mol. The molecule has 1 aromatic heterocycles. The first-order valence-electron chi connectivity index (χ1n) is 6.24. The number of benzene rings is 2. The molecule has 1 heterocycles. The van der Waals surface area contributed by atoms with Crippen molar-refractivity contribution in [3.8, 4) is 10.6 Å². The summed E-state index contributed by atoms with van der Waals surface area (Å²) in [7, 11) is 0. The number of aromatic nitrogens is 2. The van der Waals surface area contributed by atoms with Crippen molar-refractivity contribution in [3.63, 3.8) is 0 Å². The highest BCUT2D eigenvalue weighted by atomic mass is 79.9. The van der Waals surface area contributed by atoms with Crippen molar-refractivity contribution in [3.05, 3.63) is 68.0 Å². The molecule has 3 rings (SSSR count). The summed E-state index contributed by atoms with van der Waals surface area (Å²) in [5.41, 5.74) is 8.31. The Labute approximate surface area is 143 Å². The summed E-state index contributed by atoms with van der Waals surface area (Å²) in [4.78, 5) is 0. The SMILES string of the molecule is NC(c1ccccc1)c1nnc(-c2ccc(Br)cc2Br)s1. The summed E-state index contributed by atoms with van der Waals surface area (Å²) in [5.74, 6) is 0. The van der Waals surface area contributed by atoms with E-state index in [1.807, 2.05) is 48.5 Å². The van der Waals surface area contributed by atoms with Gasteiger partial charge in [0.25, 0.3) is 0 Å². The van der Waals surface area contributed by atoms with E-state index in [4.69, 9.17) is 5.73 Å². The van der Waals surface area contributed by atoms with Crippen LogP contribution in [-0.4, -0.2) is 10.2 Å².